The summed E-state index contributed by atoms with van der Waals surface area (Å²) < 4.78 is 0.947. The number of carbonyl (C=O) groups is 1. The van der Waals surface area contributed by atoms with Gasteiger partial charge in [-0.2, -0.15) is 0 Å². The number of nitrogens with one attached hydrogen (secondary N) is 2. The summed E-state index contributed by atoms with van der Waals surface area (Å²) in [5.74, 6) is -0.239. The molecule has 0 radical (unpaired) electrons. The Morgan fingerprint density at radius 1 is 1.00 bits per heavy atom. The third kappa shape index (κ3) is 4.17. The van der Waals surface area contributed by atoms with Gasteiger partial charge in [-0.25, -0.2) is 0 Å². The molecule has 3 rings (SSSR count). The maximum absolute atomic E-state index is 12.3. The highest BCUT2D eigenvalue weighted by Crippen LogP contribution is 2.25. The van der Waals surface area contributed by atoms with Gasteiger partial charge in [0.1, 0.15) is 5.69 Å². The minimum Gasteiger partial charge on any atom is -0.354 e. The lowest BCUT2D eigenvalue weighted by molar-refractivity contribution is 0.0945. The Morgan fingerprint density at radius 3 is 2.62 bits per heavy atom. The summed E-state index contributed by atoms with van der Waals surface area (Å²) in [5, 5.41) is 6.08. The normalized spacial score (nSPS) is 10.2. The molecule has 2 heterocycles. The van der Waals surface area contributed by atoms with Gasteiger partial charge in [0.15, 0.2) is 0 Å². The Kier molecular flexibility index (Phi) is 5.18. The van der Waals surface area contributed by atoms with Crippen molar-refractivity contribution in [3.63, 3.8) is 0 Å². The predicted molar refractivity (Wildman–Crippen MR) is 97.1 cm³/mol. The van der Waals surface area contributed by atoms with Crippen LogP contribution in [0.4, 0.5) is 11.4 Å². The molecule has 0 aliphatic carbocycles. The first-order chi connectivity index (χ1) is 11.7. The van der Waals surface area contributed by atoms with E-state index in [4.69, 9.17) is 0 Å². The molecule has 0 spiro atoms. The van der Waals surface area contributed by atoms with E-state index in [-0.39, 0.29) is 5.91 Å². The molecule has 1 aromatic carbocycles. The minimum absolute atomic E-state index is 0.239. The number of pyridine rings is 2. The summed E-state index contributed by atoms with van der Waals surface area (Å²) in [6.07, 6.45) is 3.30. The average molecular weight is 383 g/mol. The molecular formula is C18H15BrN4O. The second kappa shape index (κ2) is 7.70. The Morgan fingerprint density at radius 2 is 1.83 bits per heavy atom. The van der Waals surface area contributed by atoms with Crippen LogP contribution in [0.15, 0.2) is 71.5 Å². The lowest BCUT2D eigenvalue weighted by Gasteiger charge is -2.09. The average Bonchev–Trinajstić information content (AvgIpc) is 2.63. The van der Waals surface area contributed by atoms with Crippen LogP contribution in [-0.4, -0.2) is 15.9 Å². The maximum Gasteiger partial charge on any atom is 0.270 e. The van der Waals surface area contributed by atoms with Crippen LogP contribution < -0.4 is 10.6 Å². The predicted octanol–water partition coefficient (Wildman–Crippen LogP) is 3.91. The highest BCUT2D eigenvalue weighted by atomic mass is 79.9. The summed E-state index contributed by atoms with van der Waals surface area (Å²) in [6, 6.07) is 16.9. The topological polar surface area (TPSA) is 66.9 Å². The van der Waals surface area contributed by atoms with Crippen LogP contribution in [0.25, 0.3) is 0 Å². The second-order valence-corrected chi connectivity index (χ2v) is 5.89. The number of anilines is 2. The van der Waals surface area contributed by atoms with Crippen LogP contribution in [0.3, 0.4) is 0 Å². The van der Waals surface area contributed by atoms with Crippen molar-refractivity contribution < 1.29 is 4.79 Å². The van der Waals surface area contributed by atoms with E-state index < -0.39 is 0 Å². The number of halogens is 1. The number of carbonyl (C=O) groups excluding carboxylic acids is 1. The zero-order valence-corrected chi connectivity index (χ0v) is 14.3. The van der Waals surface area contributed by atoms with E-state index >= 15 is 0 Å². The largest absolute Gasteiger partial charge is 0.354 e. The highest BCUT2D eigenvalue weighted by Gasteiger charge is 2.08. The monoisotopic (exact) mass is 382 g/mol. The van der Waals surface area contributed by atoms with E-state index in [2.05, 4.69) is 36.5 Å². The highest BCUT2D eigenvalue weighted by molar-refractivity contribution is 9.10. The van der Waals surface area contributed by atoms with Crippen molar-refractivity contribution in [1.82, 2.24) is 15.3 Å². The van der Waals surface area contributed by atoms with E-state index in [9.17, 15) is 4.79 Å². The molecule has 120 valence electrons. The smallest absolute Gasteiger partial charge is 0.270 e. The summed E-state index contributed by atoms with van der Waals surface area (Å²) in [7, 11) is 0. The van der Waals surface area contributed by atoms with Crippen molar-refractivity contribution in [2.45, 2.75) is 6.54 Å². The molecule has 0 aliphatic heterocycles. The van der Waals surface area contributed by atoms with Gasteiger partial charge in [0.05, 0.1) is 17.9 Å². The SMILES string of the molecule is O=C(NCc1ccccn1)c1cc(Nc2ccccc2Br)ccn1. The van der Waals surface area contributed by atoms with Crippen molar-refractivity contribution in [3.05, 3.63) is 82.9 Å². The molecule has 0 saturated carbocycles. The molecule has 24 heavy (non-hydrogen) atoms. The standard InChI is InChI=1S/C18H15BrN4O/c19-15-6-1-2-7-16(15)23-13-8-10-21-17(11-13)18(24)22-12-14-5-3-4-9-20-14/h1-11H,12H2,(H,21,23)(H,22,24). The Balaban J connectivity index is 1.68. The molecule has 1 amide bonds. The molecule has 6 heteroatoms. The summed E-state index contributed by atoms with van der Waals surface area (Å²) in [5.41, 5.74) is 2.86. The van der Waals surface area contributed by atoms with Crippen LogP contribution in [-0.2, 0) is 6.54 Å². The van der Waals surface area contributed by atoms with E-state index in [1.807, 2.05) is 48.5 Å². The van der Waals surface area contributed by atoms with Crippen LogP contribution in [0.1, 0.15) is 16.2 Å². The van der Waals surface area contributed by atoms with Gasteiger partial charge in [-0.1, -0.05) is 18.2 Å². The Hall–Kier alpha value is -2.73. The third-order valence-electron chi connectivity index (χ3n) is 3.30. The Bertz CT molecular complexity index is 839. The molecule has 0 saturated heterocycles. The van der Waals surface area contributed by atoms with Crippen LogP contribution in [0, 0.1) is 0 Å². The second-order valence-electron chi connectivity index (χ2n) is 5.04. The first-order valence-corrected chi connectivity index (χ1v) is 8.17. The lowest BCUT2D eigenvalue weighted by Crippen LogP contribution is -2.24. The number of nitrogens with zero attached hydrogens (tertiary/aromatic N) is 2. The van der Waals surface area contributed by atoms with Crippen molar-refractivity contribution >= 4 is 33.2 Å². The number of rotatable bonds is 5. The number of hydrogen-bond donors (Lipinski definition) is 2. The summed E-state index contributed by atoms with van der Waals surface area (Å²) in [6.45, 7) is 0.364. The minimum atomic E-state index is -0.239. The van der Waals surface area contributed by atoms with Crippen LogP contribution in [0.2, 0.25) is 0 Å². The zero-order valence-electron chi connectivity index (χ0n) is 12.7. The first kappa shape index (κ1) is 16.1. The fourth-order valence-electron chi connectivity index (χ4n) is 2.11. The fraction of sp³-hybridized carbons (Fsp3) is 0.0556. The number of benzene rings is 1. The van der Waals surface area contributed by atoms with Gasteiger partial charge in [-0.05, 0) is 52.3 Å². The zero-order chi connectivity index (χ0) is 16.8. The fourth-order valence-corrected chi connectivity index (χ4v) is 2.50. The summed E-state index contributed by atoms with van der Waals surface area (Å²) >= 11 is 3.49. The molecular weight excluding hydrogens is 368 g/mol. The molecule has 5 nitrogen and oxygen atoms in total. The number of aromatic nitrogens is 2. The van der Waals surface area contributed by atoms with Crippen LogP contribution in [0.5, 0.6) is 0 Å². The first-order valence-electron chi connectivity index (χ1n) is 7.38. The molecule has 2 N–H and O–H groups in total. The van der Waals surface area contributed by atoms with Crippen molar-refractivity contribution in [2.24, 2.45) is 0 Å². The van der Waals surface area contributed by atoms with Crippen molar-refractivity contribution in [1.29, 1.82) is 0 Å². The molecule has 0 aliphatic rings. The van der Waals surface area contributed by atoms with Crippen molar-refractivity contribution in [3.8, 4) is 0 Å². The lowest BCUT2D eigenvalue weighted by atomic mass is 10.2. The molecule has 0 atom stereocenters. The number of hydrogen-bond acceptors (Lipinski definition) is 4. The third-order valence-corrected chi connectivity index (χ3v) is 3.99. The molecule has 3 aromatic rings. The number of para-hydroxylation sites is 1. The van der Waals surface area contributed by atoms with Gasteiger partial charge < -0.3 is 10.6 Å². The van der Waals surface area contributed by atoms with Gasteiger partial charge in [-0.15, -0.1) is 0 Å². The van der Waals surface area contributed by atoms with Gasteiger partial charge in [0.2, 0.25) is 0 Å². The molecule has 0 fully saturated rings. The van der Waals surface area contributed by atoms with E-state index in [1.165, 1.54) is 0 Å². The van der Waals surface area contributed by atoms with E-state index in [0.717, 1.165) is 21.5 Å². The van der Waals surface area contributed by atoms with Gasteiger partial charge in [-0.3, -0.25) is 14.8 Å². The maximum atomic E-state index is 12.3. The van der Waals surface area contributed by atoms with Crippen molar-refractivity contribution in [2.75, 3.05) is 5.32 Å². The summed E-state index contributed by atoms with van der Waals surface area (Å²) in [4.78, 5) is 20.6. The van der Waals surface area contributed by atoms with Gasteiger partial charge >= 0.3 is 0 Å². The molecule has 0 unspecified atom stereocenters. The quantitative estimate of drug-likeness (QED) is 0.701. The van der Waals surface area contributed by atoms with Gasteiger partial charge in [0, 0.05) is 22.6 Å². The van der Waals surface area contributed by atoms with Gasteiger partial charge in [0.25, 0.3) is 5.91 Å². The Labute approximate surface area is 148 Å². The number of amides is 1. The molecule has 0 bridgehead atoms. The van der Waals surface area contributed by atoms with E-state index in [0.29, 0.717) is 12.2 Å². The molecule has 2 aromatic heterocycles. The van der Waals surface area contributed by atoms with Crippen LogP contribution >= 0.6 is 15.9 Å². The van der Waals surface area contributed by atoms with E-state index in [1.54, 1.807) is 18.5 Å².